The van der Waals surface area contributed by atoms with Crippen molar-refractivity contribution in [2.24, 2.45) is 11.7 Å². The van der Waals surface area contributed by atoms with Crippen LogP contribution in [-0.2, 0) is 4.79 Å². The van der Waals surface area contributed by atoms with E-state index in [1.165, 1.54) is 5.75 Å². The molecular weight excluding hydrogens is 232 g/mol. The van der Waals surface area contributed by atoms with Gasteiger partial charge in [-0.3, -0.25) is 4.79 Å². The highest BCUT2D eigenvalue weighted by Gasteiger charge is 2.28. The van der Waals surface area contributed by atoms with Gasteiger partial charge in [0, 0.05) is 18.8 Å². The van der Waals surface area contributed by atoms with Gasteiger partial charge in [-0.2, -0.15) is 11.8 Å². The van der Waals surface area contributed by atoms with Gasteiger partial charge in [-0.15, -0.1) is 12.4 Å². The van der Waals surface area contributed by atoms with Crippen LogP contribution in [0, 0.1) is 5.92 Å². The molecule has 0 aromatic heterocycles. The van der Waals surface area contributed by atoms with Crippen LogP contribution in [0.2, 0.25) is 0 Å². The number of likely N-dealkylation sites (N-methyl/N-ethyl adjacent to an activating group) is 1. The van der Waals surface area contributed by atoms with Crippen LogP contribution in [0.15, 0.2) is 0 Å². The quantitative estimate of drug-likeness (QED) is 0.825. The van der Waals surface area contributed by atoms with Crippen molar-refractivity contribution in [2.75, 3.05) is 18.6 Å². The molecule has 1 fully saturated rings. The largest absolute Gasteiger partial charge is 0.341 e. The molecule has 0 aliphatic carbocycles. The van der Waals surface area contributed by atoms with Gasteiger partial charge in [0.25, 0.3) is 0 Å². The first-order chi connectivity index (χ1) is 6.54. The molecule has 1 amide bonds. The number of hydrogen-bond donors (Lipinski definition) is 1. The number of halogens is 1. The second-order valence-electron chi connectivity index (χ2n) is 4.24. The summed E-state index contributed by atoms with van der Waals surface area (Å²) < 4.78 is 0. The molecule has 2 N–H and O–H groups in total. The molecule has 3 nitrogen and oxygen atoms in total. The van der Waals surface area contributed by atoms with Crippen LogP contribution in [0.3, 0.4) is 0 Å². The Morgan fingerprint density at radius 1 is 1.53 bits per heavy atom. The predicted octanol–water partition coefficient (Wildman–Crippen LogP) is 1.36. The lowest BCUT2D eigenvalue weighted by molar-refractivity contribution is -0.133. The van der Waals surface area contributed by atoms with Crippen molar-refractivity contribution in [1.29, 1.82) is 0 Å². The SMILES string of the molecule is CC(C)[C@@H](N)C(=O)N(C)C1CCSC1.Cl. The lowest BCUT2D eigenvalue weighted by Crippen LogP contribution is -2.48. The van der Waals surface area contributed by atoms with Crippen molar-refractivity contribution >= 4 is 30.1 Å². The molecule has 15 heavy (non-hydrogen) atoms. The first-order valence-corrected chi connectivity index (χ1v) is 6.29. The van der Waals surface area contributed by atoms with Gasteiger partial charge in [-0.1, -0.05) is 13.8 Å². The number of thioether (sulfide) groups is 1. The molecule has 5 heteroatoms. The molecule has 0 aromatic carbocycles. The third-order valence-corrected chi connectivity index (χ3v) is 3.95. The zero-order chi connectivity index (χ0) is 10.7. The second-order valence-corrected chi connectivity index (χ2v) is 5.39. The Kier molecular flexibility index (Phi) is 6.64. The fourth-order valence-electron chi connectivity index (χ4n) is 1.53. The first kappa shape index (κ1) is 15.1. The summed E-state index contributed by atoms with van der Waals surface area (Å²) in [7, 11) is 1.88. The van der Waals surface area contributed by atoms with Crippen LogP contribution in [0.5, 0.6) is 0 Å². The molecule has 0 radical (unpaired) electrons. The minimum atomic E-state index is -0.342. The third-order valence-electron chi connectivity index (χ3n) is 2.80. The molecule has 1 unspecified atom stereocenters. The van der Waals surface area contributed by atoms with E-state index >= 15 is 0 Å². The zero-order valence-corrected chi connectivity index (χ0v) is 11.2. The molecule has 1 heterocycles. The van der Waals surface area contributed by atoms with Gasteiger partial charge in [0.2, 0.25) is 5.91 Å². The van der Waals surface area contributed by atoms with E-state index in [0.717, 1.165) is 12.2 Å². The van der Waals surface area contributed by atoms with Gasteiger partial charge in [-0.25, -0.2) is 0 Å². The molecule has 1 rings (SSSR count). The first-order valence-electron chi connectivity index (χ1n) is 5.14. The molecule has 0 saturated carbocycles. The van der Waals surface area contributed by atoms with Gasteiger partial charge in [-0.05, 0) is 18.1 Å². The Morgan fingerprint density at radius 3 is 2.53 bits per heavy atom. The van der Waals surface area contributed by atoms with E-state index in [1.54, 1.807) is 0 Å². The van der Waals surface area contributed by atoms with Crippen molar-refractivity contribution in [3.05, 3.63) is 0 Å². The summed E-state index contributed by atoms with van der Waals surface area (Å²) in [6, 6.07) is 0.0582. The van der Waals surface area contributed by atoms with E-state index in [2.05, 4.69) is 0 Å². The van der Waals surface area contributed by atoms with Crippen molar-refractivity contribution < 1.29 is 4.79 Å². The van der Waals surface area contributed by atoms with E-state index in [0.29, 0.717) is 6.04 Å². The molecule has 0 bridgehead atoms. The Hall–Kier alpha value is 0.0700. The summed E-state index contributed by atoms with van der Waals surface area (Å²) in [4.78, 5) is 13.7. The van der Waals surface area contributed by atoms with Crippen LogP contribution in [0.25, 0.3) is 0 Å². The lowest BCUT2D eigenvalue weighted by atomic mass is 10.0. The summed E-state index contributed by atoms with van der Waals surface area (Å²) in [5.41, 5.74) is 5.83. The highest BCUT2D eigenvalue weighted by molar-refractivity contribution is 7.99. The molecule has 1 aliphatic heterocycles. The van der Waals surface area contributed by atoms with Gasteiger partial charge in [0.05, 0.1) is 6.04 Å². The van der Waals surface area contributed by atoms with E-state index in [4.69, 9.17) is 5.73 Å². The molecular formula is C10H21ClN2OS. The number of hydrogen-bond acceptors (Lipinski definition) is 3. The second kappa shape index (κ2) is 6.61. The Labute approximate surface area is 103 Å². The Morgan fingerprint density at radius 2 is 2.13 bits per heavy atom. The van der Waals surface area contributed by atoms with E-state index in [-0.39, 0.29) is 30.3 Å². The summed E-state index contributed by atoms with van der Waals surface area (Å²) in [6.07, 6.45) is 1.11. The number of nitrogens with two attached hydrogens (primary N) is 1. The standard InChI is InChI=1S/C10H20N2OS.ClH/c1-7(2)9(11)10(13)12(3)8-4-5-14-6-8;/h7-9H,4-6,11H2,1-3H3;1H/t8?,9-;/m1./s1. The summed E-state index contributed by atoms with van der Waals surface area (Å²) >= 11 is 1.91. The average Bonchev–Trinajstić information content (AvgIpc) is 2.67. The molecule has 90 valence electrons. The van der Waals surface area contributed by atoms with Crippen LogP contribution >= 0.6 is 24.2 Å². The number of rotatable bonds is 3. The highest BCUT2D eigenvalue weighted by Crippen LogP contribution is 2.22. The van der Waals surface area contributed by atoms with Gasteiger partial charge >= 0.3 is 0 Å². The van der Waals surface area contributed by atoms with Gasteiger partial charge in [0.1, 0.15) is 0 Å². The fourth-order valence-corrected chi connectivity index (χ4v) is 2.80. The highest BCUT2D eigenvalue weighted by atomic mass is 35.5. The monoisotopic (exact) mass is 252 g/mol. The molecule has 0 spiro atoms. The van der Waals surface area contributed by atoms with E-state index in [1.807, 2.05) is 37.6 Å². The molecule has 2 atom stereocenters. The van der Waals surface area contributed by atoms with Gasteiger partial charge in [0.15, 0.2) is 0 Å². The van der Waals surface area contributed by atoms with Crippen LogP contribution < -0.4 is 5.73 Å². The predicted molar refractivity (Wildman–Crippen MR) is 68.6 cm³/mol. The van der Waals surface area contributed by atoms with Crippen LogP contribution in [0.4, 0.5) is 0 Å². The van der Waals surface area contributed by atoms with Crippen molar-refractivity contribution in [1.82, 2.24) is 4.90 Å². The topological polar surface area (TPSA) is 46.3 Å². The molecule has 1 aliphatic rings. The van der Waals surface area contributed by atoms with E-state index < -0.39 is 0 Å². The van der Waals surface area contributed by atoms with Crippen molar-refractivity contribution in [2.45, 2.75) is 32.4 Å². The summed E-state index contributed by atoms with van der Waals surface area (Å²) in [5.74, 6) is 2.54. The van der Waals surface area contributed by atoms with Crippen LogP contribution in [0.1, 0.15) is 20.3 Å². The minimum Gasteiger partial charge on any atom is -0.341 e. The normalized spacial score (nSPS) is 22.3. The minimum absolute atomic E-state index is 0. The number of carbonyl (C=O) groups excluding carboxylic acids is 1. The zero-order valence-electron chi connectivity index (χ0n) is 9.60. The Balaban J connectivity index is 0.00000196. The van der Waals surface area contributed by atoms with Gasteiger partial charge < -0.3 is 10.6 Å². The number of amides is 1. The maximum absolute atomic E-state index is 11.9. The summed E-state index contributed by atoms with van der Waals surface area (Å²) in [6.45, 7) is 3.97. The van der Waals surface area contributed by atoms with E-state index in [9.17, 15) is 4.79 Å². The van der Waals surface area contributed by atoms with Crippen LogP contribution in [-0.4, -0.2) is 41.4 Å². The Bertz CT molecular complexity index is 208. The maximum Gasteiger partial charge on any atom is 0.239 e. The maximum atomic E-state index is 11.9. The van der Waals surface area contributed by atoms with Crippen molar-refractivity contribution in [3.63, 3.8) is 0 Å². The van der Waals surface area contributed by atoms with Crippen molar-refractivity contribution in [3.8, 4) is 0 Å². The average molecular weight is 253 g/mol. The fraction of sp³-hybridized carbons (Fsp3) is 0.900. The smallest absolute Gasteiger partial charge is 0.239 e. The molecule has 0 aromatic rings. The number of carbonyl (C=O) groups is 1. The summed E-state index contributed by atoms with van der Waals surface area (Å²) in [5, 5.41) is 0. The lowest BCUT2D eigenvalue weighted by Gasteiger charge is -2.28. The molecule has 1 saturated heterocycles. The number of nitrogens with zero attached hydrogens (tertiary/aromatic N) is 1. The third kappa shape index (κ3) is 3.85.